The first kappa shape index (κ1) is 23.1. The van der Waals surface area contributed by atoms with Crippen molar-refractivity contribution in [3.63, 3.8) is 0 Å². The van der Waals surface area contributed by atoms with E-state index in [1.165, 1.54) is 13.8 Å². The van der Waals surface area contributed by atoms with Gasteiger partial charge in [-0.05, 0) is 24.6 Å². The molecule has 0 unspecified atom stereocenters. The molecule has 152 valence electrons. The number of rotatable bonds is 7. The third-order valence-electron chi connectivity index (χ3n) is 5.23. The highest BCUT2D eigenvalue weighted by molar-refractivity contribution is 6.74. The van der Waals surface area contributed by atoms with Crippen LogP contribution in [0.5, 0.6) is 0 Å². The first-order chi connectivity index (χ1) is 11.9. The van der Waals surface area contributed by atoms with Crippen LogP contribution >= 0.6 is 0 Å². The SMILES string of the molecule is CCCC[C@@H]1OC[C@@H](O[Si](C)(C)C(C)(C)C)[C@H](OC(C)=O)[C@@H]1OC(C)=O. The van der Waals surface area contributed by atoms with Gasteiger partial charge in [0, 0.05) is 13.8 Å². The Hall–Kier alpha value is -0.923. The number of carbonyl (C=O) groups excluding carboxylic acids is 2. The zero-order valence-electron chi connectivity index (χ0n) is 17.6. The Morgan fingerprint density at radius 1 is 1.08 bits per heavy atom. The van der Waals surface area contributed by atoms with Crippen LogP contribution in [0.3, 0.4) is 0 Å². The summed E-state index contributed by atoms with van der Waals surface area (Å²) in [4.78, 5) is 23.4. The van der Waals surface area contributed by atoms with Crippen LogP contribution in [0.4, 0.5) is 0 Å². The molecule has 0 aliphatic carbocycles. The van der Waals surface area contributed by atoms with Crippen molar-refractivity contribution in [1.29, 1.82) is 0 Å². The van der Waals surface area contributed by atoms with E-state index in [0.29, 0.717) is 6.61 Å². The van der Waals surface area contributed by atoms with Gasteiger partial charge in [0.2, 0.25) is 0 Å². The van der Waals surface area contributed by atoms with Crippen molar-refractivity contribution >= 4 is 20.3 Å². The molecule has 1 heterocycles. The van der Waals surface area contributed by atoms with Crippen molar-refractivity contribution in [2.45, 2.75) is 103 Å². The Kier molecular flexibility index (Phi) is 8.29. The number of carbonyl (C=O) groups is 2. The lowest BCUT2D eigenvalue weighted by atomic mass is 9.96. The van der Waals surface area contributed by atoms with Gasteiger partial charge in [-0.3, -0.25) is 9.59 Å². The molecular weight excluding hydrogens is 352 g/mol. The van der Waals surface area contributed by atoms with Gasteiger partial charge in [-0.2, -0.15) is 0 Å². The maximum Gasteiger partial charge on any atom is 0.303 e. The molecule has 1 aliphatic heterocycles. The first-order valence-electron chi connectivity index (χ1n) is 9.53. The van der Waals surface area contributed by atoms with Crippen LogP contribution < -0.4 is 0 Å². The van der Waals surface area contributed by atoms with Crippen molar-refractivity contribution in [2.24, 2.45) is 0 Å². The lowest BCUT2D eigenvalue weighted by Crippen LogP contribution is -2.60. The second-order valence-electron chi connectivity index (χ2n) is 8.58. The predicted molar refractivity (Wildman–Crippen MR) is 102 cm³/mol. The third kappa shape index (κ3) is 6.35. The van der Waals surface area contributed by atoms with Gasteiger partial charge >= 0.3 is 11.9 Å². The van der Waals surface area contributed by atoms with Crippen LogP contribution in [0.1, 0.15) is 60.8 Å². The fourth-order valence-electron chi connectivity index (χ4n) is 2.81. The van der Waals surface area contributed by atoms with E-state index < -0.39 is 38.6 Å². The highest BCUT2D eigenvalue weighted by atomic mass is 28.4. The fourth-order valence-corrected chi connectivity index (χ4v) is 4.12. The van der Waals surface area contributed by atoms with Crippen LogP contribution in [0.2, 0.25) is 18.1 Å². The molecule has 0 N–H and O–H groups in total. The molecule has 0 radical (unpaired) electrons. The molecule has 0 bridgehead atoms. The Morgan fingerprint density at radius 2 is 1.62 bits per heavy atom. The van der Waals surface area contributed by atoms with Gasteiger partial charge in [0.1, 0.15) is 6.10 Å². The molecule has 0 amide bonds. The molecule has 0 aromatic rings. The molecular formula is C19H36O6Si. The van der Waals surface area contributed by atoms with Crippen LogP contribution in [0.15, 0.2) is 0 Å². The Labute approximate surface area is 159 Å². The zero-order valence-corrected chi connectivity index (χ0v) is 18.6. The van der Waals surface area contributed by atoms with Crippen molar-refractivity contribution in [2.75, 3.05) is 6.61 Å². The number of unbranched alkanes of at least 4 members (excludes halogenated alkanes) is 1. The number of ether oxygens (including phenoxy) is 3. The number of hydrogen-bond acceptors (Lipinski definition) is 6. The van der Waals surface area contributed by atoms with Gasteiger partial charge in [-0.15, -0.1) is 0 Å². The summed E-state index contributed by atoms with van der Waals surface area (Å²) in [5, 5.41) is 0.00373. The smallest absolute Gasteiger partial charge is 0.303 e. The monoisotopic (exact) mass is 388 g/mol. The quantitative estimate of drug-likeness (QED) is 0.487. The summed E-state index contributed by atoms with van der Waals surface area (Å²) in [5.74, 6) is -0.822. The van der Waals surface area contributed by atoms with Gasteiger partial charge in [-0.1, -0.05) is 40.5 Å². The zero-order chi connectivity index (χ0) is 20.1. The average molecular weight is 389 g/mol. The minimum atomic E-state index is -2.11. The van der Waals surface area contributed by atoms with E-state index in [2.05, 4.69) is 40.8 Å². The standard InChI is InChI=1S/C19H36O6Si/c1-9-10-11-15-17(23-13(2)20)18(24-14(3)21)16(12-22-15)25-26(7,8)19(4,5)6/h15-18H,9-12H2,1-8H3/t15-,16+,17+,18-/m0/s1. The van der Waals surface area contributed by atoms with Gasteiger partial charge in [-0.25, -0.2) is 0 Å². The van der Waals surface area contributed by atoms with E-state index in [1.54, 1.807) is 0 Å². The maximum atomic E-state index is 11.7. The fraction of sp³-hybridized carbons (Fsp3) is 0.895. The van der Waals surface area contributed by atoms with E-state index in [4.69, 9.17) is 18.6 Å². The van der Waals surface area contributed by atoms with Gasteiger partial charge < -0.3 is 18.6 Å². The lowest BCUT2D eigenvalue weighted by molar-refractivity contribution is -0.217. The van der Waals surface area contributed by atoms with E-state index in [1.807, 2.05) is 0 Å². The van der Waals surface area contributed by atoms with Crippen molar-refractivity contribution in [1.82, 2.24) is 0 Å². The van der Waals surface area contributed by atoms with Gasteiger partial charge in [0.05, 0.1) is 12.7 Å². The highest BCUT2D eigenvalue weighted by Gasteiger charge is 2.49. The van der Waals surface area contributed by atoms with Crippen LogP contribution in [0.25, 0.3) is 0 Å². The first-order valence-corrected chi connectivity index (χ1v) is 12.4. The summed E-state index contributed by atoms with van der Waals surface area (Å²) in [6, 6.07) is 0. The molecule has 26 heavy (non-hydrogen) atoms. The molecule has 4 atom stereocenters. The average Bonchev–Trinajstić information content (AvgIpc) is 2.47. The molecule has 0 aromatic carbocycles. The number of esters is 2. The van der Waals surface area contributed by atoms with Crippen LogP contribution in [0, 0.1) is 0 Å². The highest BCUT2D eigenvalue weighted by Crippen LogP contribution is 2.39. The second kappa shape index (κ2) is 9.33. The summed E-state index contributed by atoms with van der Waals surface area (Å²) in [5.41, 5.74) is 0. The van der Waals surface area contributed by atoms with Crippen LogP contribution in [-0.2, 0) is 28.2 Å². The summed E-state index contributed by atoms with van der Waals surface area (Å²) < 4.78 is 23.6. The Bertz CT molecular complexity index is 485. The molecule has 0 spiro atoms. The normalized spacial score (nSPS) is 27.1. The summed E-state index contributed by atoms with van der Waals surface area (Å²) >= 11 is 0. The molecule has 1 saturated heterocycles. The molecule has 6 nitrogen and oxygen atoms in total. The summed E-state index contributed by atoms with van der Waals surface area (Å²) in [7, 11) is -2.11. The molecule has 1 aliphatic rings. The third-order valence-corrected chi connectivity index (χ3v) is 9.73. The molecule has 0 aromatic heterocycles. The van der Waals surface area contributed by atoms with E-state index in [-0.39, 0.29) is 11.1 Å². The minimum absolute atomic E-state index is 0.00373. The Morgan fingerprint density at radius 3 is 2.08 bits per heavy atom. The van der Waals surface area contributed by atoms with E-state index in [0.717, 1.165) is 19.3 Å². The summed E-state index contributed by atoms with van der Waals surface area (Å²) in [6.07, 6.45) is 0.675. The van der Waals surface area contributed by atoms with Crippen molar-refractivity contribution in [3.8, 4) is 0 Å². The number of hydrogen-bond donors (Lipinski definition) is 0. The second-order valence-corrected chi connectivity index (χ2v) is 13.3. The minimum Gasteiger partial charge on any atom is -0.456 e. The maximum absolute atomic E-state index is 11.7. The Balaban J connectivity index is 3.10. The van der Waals surface area contributed by atoms with Crippen molar-refractivity contribution in [3.05, 3.63) is 0 Å². The van der Waals surface area contributed by atoms with E-state index >= 15 is 0 Å². The van der Waals surface area contributed by atoms with Gasteiger partial charge in [0.25, 0.3) is 0 Å². The molecule has 0 saturated carbocycles. The lowest BCUT2D eigenvalue weighted by Gasteiger charge is -2.46. The molecule has 1 fully saturated rings. The molecule has 1 rings (SSSR count). The van der Waals surface area contributed by atoms with E-state index in [9.17, 15) is 9.59 Å². The predicted octanol–water partition coefficient (Wildman–Crippen LogP) is 3.83. The topological polar surface area (TPSA) is 71.1 Å². The van der Waals surface area contributed by atoms with Crippen molar-refractivity contribution < 1.29 is 28.2 Å². The van der Waals surface area contributed by atoms with Gasteiger partial charge in [0.15, 0.2) is 20.5 Å². The van der Waals surface area contributed by atoms with Crippen LogP contribution in [-0.4, -0.2) is 51.3 Å². The largest absolute Gasteiger partial charge is 0.456 e. The summed E-state index contributed by atoms with van der Waals surface area (Å²) in [6.45, 7) is 15.9. The molecule has 7 heteroatoms.